The molecular formula is C13H16N5O2S2+. The summed E-state index contributed by atoms with van der Waals surface area (Å²) in [4.78, 5) is 7.17. The van der Waals surface area contributed by atoms with Gasteiger partial charge in [-0.25, -0.2) is 13.4 Å². The van der Waals surface area contributed by atoms with Crippen LogP contribution in [0, 0.1) is 0 Å². The fourth-order valence-electron chi connectivity index (χ4n) is 2.46. The van der Waals surface area contributed by atoms with Crippen LogP contribution in [0.1, 0.15) is 5.56 Å². The zero-order valence-electron chi connectivity index (χ0n) is 11.9. The zero-order chi connectivity index (χ0) is 15.9. The third kappa shape index (κ3) is 2.77. The van der Waals surface area contributed by atoms with Crippen molar-refractivity contribution in [3.8, 4) is 11.3 Å². The van der Waals surface area contributed by atoms with Gasteiger partial charge in [-0.2, -0.15) is 0 Å². The van der Waals surface area contributed by atoms with Crippen molar-refractivity contribution >= 4 is 38.1 Å². The van der Waals surface area contributed by atoms with Crippen LogP contribution in [-0.4, -0.2) is 32.2 Å². The summed E-state index contributed by atoms with van der Waals surface area (Å²) >= 11 is 1.40. The Balaban J connectivity index is 1.96. The lowest BCUT2D eigenvalue weighted by atomic mass is 10.1. The summed E-state index contributed by atoms with van der Waals surface area (Å²) in [6.07, 6.45) is 1.93. The highest BCUT2D eigenvalue weighted by Gasteiger charge is 2.26. The maximum absolute atomic E-state index is 11.7. The summed E-state index contributed by atoms with van der Waals surface area (Å²) in [7, 11) is -3.22. The molecule has 0 unspecified atom stereocenters. The van der Waals surface area contributed by atoms with Crippen molar-refractivity contribution in [1.29, 1.82) is 0 Å². The van der Waals surface area contributed by atoms with Crippen LogP contribution < -0.4 is 20.8 Å². The SMILES string of the molecule is CS(=O)(=O)N1CCc2cc(-c3csc([NH+]=C(N)N)n3)ccc21. The first-order chi connectivity index (χ1) is 10.3. The van der Waals surface area contributed by atoms with Gasteiger partial charge in [0, 0.05) is 17.5 Å². The Morgan fingerprint density at radius 3 is 2.86 bits per heavy atom. The third-order valence-corrected chi connectivity index (χ3v) is 5.32. The first kappa shape index (κ1) is 14.8. The summed E-state index contributed by atoms with van der Waals surface area (Å²) in [5, 5.41) is 2.52. The quantitative estimate of drug-likeness (QED) is 0.496. The molecule has 1 aliphatic rings. The summed E-state index contributed by atoms with van der Waals surface area (Å²) in [6.45, 7) is 0.486. The van der Waals surface area contributed by atoms with E-state index in [1.54, 1.807) is 0 Å². The van der Waals surface area contributed by atoms with Crippen LogP contribution in [0.25, 0.3) is 11.3 Å². The van der Waals surface area contributed by atoms with Crippen molar-refractivity contribution in [3.05, 3.63) is 29.1 Å². The van der Waals surface area contributed by atoms with Gasteiger partial charge in [0.1, 0.15) is 5.69 Å². The number of hydrogen-bond donors (Lipinski definition) is 3. The van der Waals surface area contributed by atoms with Crippen LogP contribution in [0.2, 0.25) is 0 Å². The molecule has 1 aliphatic heterocycles. The second kappa shape index (κ2) is 5.25. The summed E-state index contributed by atoms with van der Waals surface area (Å²) in [5.41, 5.74) is 14.3. The van der Waals surface area contributed by atoms with E-state index in [-0.39, 0.29) is 5.96 Å². The van der Waals surface area contributed by atoms with Gasteiger partial charge in [-0.1, -0.05) is 11.3 Å². The highest BCUT2D eigenvalue weighted by Crippen LogP contribution is 2.34. The van der Waals surface area contributed by atoms with E-state index in [9.17, 15) is 8.42 Å². The molecule has 116 valence electrons. The molecule has 5 N–H and O–H groups in total. The van der Waals surface area contributed by atoms with Gasteiger partial charge in [-0.3, -0.25) is 4.31 Å². The van der Waals surface area contributed by atoms with E-state index in [1.165, 1.54) is 21.9 Å². The molecule has 9 heteroatoms. The molecule has 0 radical (unpaired) electrons. The molecule has 0 atom stereocenters. The summed E-state index contributed by atoms with van der Waals surface area (Å²) < 4.78 is 24.9. The Labute approximate surface area is 132 Å². The maximum atomic E-state index is 11.7. The monoisotopic (exact) mass is 338 g/mol. The number of fused-ring (bicyclic) bond motifs is 1. The molecule has 7 nitrogen and oxygen atoms in total. The molecule has 22 heavy (non-hydrogen) atoms. The van der Waals surface area contributed by atoms with Gasteiger partial charge in [0.05, 0.1) is 11.9 Å². The van der Waals surface area contributed by atoms with E-state index in [0.29, 0.717) is 18.1 Å². The van der Waals surface area contributed by atoms with Crippen molar-refractivity contribution in [1.82, 2.24) is 4.98 Å². The van der Waals surface area contributed by atoms with Gasteiger partial charge in [-0.15, -0.1) is 4.98 Å². The average molecular weight is 338 g/mol. The number of sulfonamides is 1. The lowest BCUT2D eigenvalue weighted by molar-refractivity contribution is -0.355. The number of nitrogens with two attached hydrogens (primary N) is 2. The number of anilines is 1. The number of hydrogen-bond acceptors (Lipinski definition) is 4. The molecular weight excluding hydrogens is 322 g/mol. The Morgan fingerprint density at radius 2 is 2.18 bits per heavy atom. The number of benzene rings is 1. The fourth-order valence-corrected chi connectivity index (χ4v) is 4.16. The van der Waals surface area contributed by atoms with E-state index in [2.05, 4.69) is 9.98 Å². The lowest BCUT2D eigenvalue weighted by Crippen LogP contribution is -2.72. The minimum Gasteiger partial charge on any atom is -0.311 e. The number of nitrogens with one attached hydrogen (secondary N) is 1. The smallest absolute Gasteiger partial charge is 0.303 e. The predicted molar refractivity (Wildman–Crippen MR) is 87.4 cm³/mol. The van der Waals surface area contributed by atoms with Gasteiger partial charge in [0.25, 0.3) is 5.13 Å². The second-order valence-corrected chi connectivity index (χ2v) is 7.81. The van der Waals surface area contributed by atoms with Crippen molar-refractivity contribution in [2.45, 2.75) is 6.42 Å². The molecule has 0 saturated carbocycles. The number of guanidine groups is 1. The molecule has 0 amide bonds. The molecule has 2 aromatic rings. The highest BCUT2D eigenvalue weighted by molar-refractivity contribution is 7.92. The van der Waals surface area contributed by atoms with Crippen molar-refractivity contribution in [2.24, 2.45) is 11.5 Å². The van der Waals surface area contributed by atoms with E-state index < -0.39 is 10.0 Å². The molecule has 0 aliphatic carbocycles. The zero-order valence-corrected chi connectivity index (χ0v) is 13.5. The normalized spacial score (nSPS) is 14.0. The highest BCUT2D eigenvalue weighted by atomic mass is 32.2. The van der Waals surface area contributed by atoms with E-state index in [1.807, 2.05) is 23.6 Å². The van der Waals surface area contributed by atoms with Crippen molar-refractivity contribution < 1.29 is 13.4 Å². The number of nitrogens with zero attached hydrogens (tertiary/aromatic N) is 2. The van der Waals surface area contributed by atoms with Gasteiger partial charge < -0.3 is 11.5 Å². The number of thiazole rings is 1. The van der Waals surface area contributed by atoms with Crippen LogP contribution in [-0.2, 0) is 16.4 Å². The van der Waals surface area contributed by atoms with Crippen LogP contribution >= 0.6 is 11.3 Å². The number of aromatic nitrogens is 1. The minimum atomic E-state index is -3.22. The van der Waals surface area contributed by atoms with E-state index in [4.69, 9.17) is 11.5 Å². The molecule has 1 aromatic carbocycles. The Hall–Kier alpha value is -2.13. The maximum Gasteiger partial charge on any atom is 0.303 e. The lowest BCUT2D eigenvalue weighted by Gasteiger charge is -2.16. The largest absolute Gasteiger partial charge is 0.311 e. The van der Waals surface area contributed by atoms with E-state index in [0.717, 1.165) is 22.5 Å². The fraction of sp³-hybridized carbons (Fsp3) is 0.231. The van der Waals surface area contributed by atoms with Gasteiger partial charge >= 0.3 is 5.96 Å². The third-order valence-electron chi connectivity index (χ3n) is 3.38. The predicted octanol–water partition coefficient (Wildman–Crippen LogP) is -0.882. The second-order valence-electron chi connectivity index (χ2n) is 5.05. The first-order valence-corrected chi connectivity index (χ1v) is 9.29. The average Bonchev–Trinajstić information content (AvgIpc) is 3.02. The van der Waals surface area contributed by atoms with Crippen molar-refractivity contribution in [3.63, 3.8) is 0 Å². The minimum absolute atomic E-state index is 0.0960. The standard InChI is InChI=1S/C13H15N5O2S2/c1-22(19,20)18-5-4-9-6-8(2-3-11(9)18)10-7-21-13(16-10)17-12(14)15/h2-3,6-7H,4-5H2,1H3,(H4,14,15,16,17)/p+1. The molecule has 1 aromatic heterocycles. The van der Waals surface area contributed by atoms with Gasteiger partial charge in [0.2, 0.25) is 10.0 Å². The molecule has 2 heterocycles. The molecule has 0 fully saturated rings. The summed E-state index contributed by atoms with van der Waals surface area (Å²) in [5.74, 6) is 0.0960. The molecule has 3 rings (SSSR count). The molecule has 0 spiro atoms. The Bertz CT molecular complexity index is 853. The van der Waals surface area contributed by atoms with Crippen LogP contribution in [0.15, 0.2) is 23.6 Å². The van der Waals surface area contributed by atoms with Crippen LogP contribution in [0.4, 0.5) is 10.8 Å². The topological polar surface area (TPSA) is 116 Å². The van der Waals surface area contributed by atoms with Crippen LogP contribution in [0.3, 0.4) is 0 Å². The number of rotatable bonds is 3. The Kier molecular flexibility index (Phi) is 3.53. The summed E-state index contributed by atoms with van der Waals surface area (Å²) in [6, 6.07) is 5.68. The molecule has 0 saturated heterocycles. The Morgan fingerprint density at radius 1 is 1.41 bits per heavy atom. The molecule has 0 bridgehead atoms. The van der Waals surface area contributed by atoms with E-state index >= 15 is 0 Å². The van der Waals surface area contributed by atoms with Gasteiger partial charge in [-0.05, 0) is 30.2 Å². The first-order valence-electron chi connectivity index (χ1n) is 6.56. The van der Waals surface area contributed by atoms with Gasteiger partial charge in [0.15, 0.2) is 0 Å². The van der Waals surface area contributed by atoms with Crippen molar-refractivity contribution in [2.75, 3.05) is 17.1 Å². The van der Waals surface area contributed by atoms with Crippen LogP contribution in [0.5, 0.6) is 0 Å².